The van der Waals surface area contributed by atoms with Crippen molar-refractivity contribution >= 4 is 17.5 Å². The number of rotatable bonds is 6. The second kappa shape index (κ2) is 8.68. The summed E-state index contributed by atoms with van der Waals surface area (Å²) >= 11 is 6.00. The largest absolute Gasteiger partial charge is 0.494 e. The van der Waals surface area contributed by atoms with Crippen molar-refractivity contribution in [3.63, 3.8) is 0 Å². The lowest BCUT2D eigenvalue weighted by Gasteiger charge is -2.28. The summed E-state index contributed by atoms with van der Waals surface area (Å²) in [5, 5.41) is 22.2. The van der Waals surface area contributed by atoms with Crippen molar-refractivity contribution in [1.29, 1.82) is 5.26 Å². The minimum Gasteiger partial charge on any atom is -0.494 e. The molecule has 7 nitrogen and oxygen atoms in total. The predicted octanol–water partition coefficient (Wildman–Crippen LogP) is 3.09. The third-order valence-electron chi connectivity index (χ3n) is 4.69. The molecule has 2 N–H and O–H groups in total. The van der Waals surface area contributed by atoms with Gasteiger partial charge in [0.25, 0.3) is 5.91 Å². The number of hydrogen-bond donors (Lipinski definition) is 2. The van der Waals surface area contributed by atoms with Crippen LogP contribution in [0.5, 0.6) is 5.75 Å². The number of halogens is 1. The van der Waals surface area contributed by atoms with Gasteiger partial charge in [-0.2, -0.15) is 20.7 Å². The van der Waals surface area contributed by atoms with E-state index in [-0.39, 0.29) is 11.9 Å². The van der Waals surface area contributed by atoms with Crippen molar-refractivity contribution in [2.24, 2.45) is 5.92 Å². The Morgan fingerprint density at radius 3 is 2.85 bits per heavy atom. The number of nitrogens with one attached hydrogen (secondary N) is 2. The van der Waals surface area contributed by atoms with Crippen LogP contribution >= 0.6 is 11.6 Å². The molecule has 1 amide bonds. The molecule has 0 spiro atoms. The van der Waals surface area contributed by atoms with Gasteiger partial charge >= 0.3 is 0 Å². The highest BCUT2D eigenvalue weighted by atomic mass is 35.5. The number of amides is 1. The van der Waals surface area contributed by atoms with Gasteiger partial charge in [0.1, 0.15) is 11.8 Å². The molecule has 0 bridgehead atoms. The molecule has 1 aliphatic rings. The van der Waals surface area contributed by atoms with Crippen LogP contribution in [-0.2, 0) is 0 Å². The van der Waals surface area contributed by atoms with E-state index in [0.29, 0.717) is 34.6 Å². The summed E-state index contributed by atoms with van der Waals surface area (Å²) in [6.45, 7) is 0.614. The summed E-state index contributed by atoms with van der Waals surface area (Å²) in [4.78, 5) is 12.0. The number of H-pyrrole nitrogens is 1. The molecule has 0 saturated heterocycles. The van der Waals surface area contributed by atoms with Crippen LogP contribution in [0.4, 0.5) is 0 Å². The molecule has 136 valence electrons. The van der Waals surface area contributed by atoms with E-state index < -0.39 is 0 Å². The van der Waals surface area contributed by atoms with Crippen molar-refractivity contribution in [3.05, 3.63) is 40.7 Å². The van der Waals surface area contributed by atoms with Crippen LogP contribution < -0.4 is 10.1 Å². The average molecular weight is 374 g/mol. The molecule has 0 atom stereocenters. The van der Waals surface area contributed by atoms with Crippen molar-refractivity contribution < 1.29 is 9.53 Å². The predicted molar refractivity (Wildman–Crippen MR) is 95.9 cm³/mol. The number of ether oxygens (including phenoxy) is 1. The standard InChI is InChI=1S/C18H20ClN5O2/c19-16-9-15(6-3-13(16)10-20)26-8-7-12-1-4-14(5-2-12)22-18(25)17-11-21-24-23-17/h3,6,9,11-12,14H,1-2,4-5,7-8H2,(H,22,25)(H,21,23,24). The number of nitriles is 1. The lowest BCUT2D eigenvalue weighted by molar-refractivity contribution is 0.0914. The van der Waals surface area contributed by atoms with Gasteiger partial charge in [-0.15, -0.1) is 0 Å². The molecule has 26 heavy (non-hydrogen) atoms. The number of hydrogen-bond acceptors (Lipinski definition) is 5. The van der Waals surface area contributed by atoms with Gasteiger partial charge in [-0.1, -0.05) is 11.6 Å². The molecule has 1 saturated carbocycles. The summed E-state index contributed by atoms with van der Waals surface area (Å²) < 4.78 is 5.75. The third kappa shape index (κ3) is 4.73. The first-order valence-corrected chi connectivity index (χ1v) is 9.02. The van der Waals surface area contributed by atoms with E-state index in [0.717, 1.165) is 32.1 Å². The number of aromatic nitrogens is 3. The normalized spacial score (nSPS) is 19.5. The van der Waals surface area contributed by atoms with Crippen molar-refractivity contribution in [2.45, 2.75) is 38.1 Å². The summed E-state index contributed by atoms with van der Waals surface area (Å²) in [6, 6.07) is 7.33. The third-order valence-corrected chi connectivity index (χ3v) is 5.00. The zero-order valence-corrected chi connectivity index (χ0v) is 15.0. The quantitative estimate of drug-likeness (QED) is 0.809. The maximum atomic E-state index is 12.0. The number of carbonyl (C=O) groups excluding carboxylic acids is 1. The van der Waals surface area contributed by atoms with E-state index in [1.165, 1.54) is 6.20 Å². The Morgan fingerprint density at radius 1 is 1.38 bits per heavy atom. The number of benzene rings is 1. The minimum atomic E-state index is -0.178. The Morgan fingerprint density at radius 2 is 2.19 bits per heavy atom. The molecular formula is C18H20ClN5O2. The Kier molecular flexibility index (Phi) is 6.08. The van der Waals surface area contributed by atoms with Gasteiger partial charge in [0.15, 0.2) is 5.69 Å². The summed E-state index contributed by atoms with van der Waals surface area (Å²) in [5.41, 5.74) is 0.770. The topological polar surface area (TPSA) is 104 Å². The number of aromatic amines is 1. The fourth-order valence-electron chi connectivity index (χ4n) is 3.19. The molecule has 1 aliphatic carbocycles. The van der Waals surface area contributed by atoms with Crippen LogP contribution in [0, 0.1) is 17.2 Å². The van der Waals surface area contributed by atoms with Crippen molar-refractivity contribution in [1.82, 2.24) is 20.7 Å². The van der Waals surface area contributed by atoms with Gasteiger partial charge in [-0.3, -0.25) is 4.79 Å². The van der Waals surface area contributed by atoms with E-state index in [9.17, 15) is 4.79 Å². The van der Waals surface area contributed by atoms with Gasteiger partial charge in [0, 0.05) is 12.1 Å². The van der Waals surface area contributed by atoms with Crippen LogP contribution in [0.15, 0.2) is 24.4 Å². The first kappa shape index (κ1) is 18.2. The highest BCUT2D eigenvalue weighted by Gasteiger charge is 2.23. The average Bonchev–Trinajstić information content (AvgIpc) is 3.18. The lowest BCUT2D eigenvalue weighted by atomic mass is 9.84. The molecule has 0 aliphatic heterocycles. The summed E-state index contributed by atoms with van der Waals surface area (Å²) in [7, 11) is 0. The Bertz CT molecular complexity index is 779. The molecule has 1 aromatic heterocycles. The highest BCUT2D eigenvalue weighted by molar-refractivity contribution is 6.31. The lowest BCUT2D eigenvalue weighted by Crippen LogP contribution is -2.38. The van der Waals surface area contributed by atoms with Crippen LogP contribution in [0.1, 0.15) is 48.2 Å². The first-order chi connectivity index (χ1) is 12.7. The minimum absolute atomic E-state index is 0.178. The maximum absolute atomic E-state index is 12.0. The zero-order chi connectivity index (χ0) is 18.4. The summed E-state index contributed by atoms with van der Waals surface area (Å²) in [6.07, 6.45) is 6.41. The van der Waals surface area contributed by atoms with Crippen molar-refractivity contribution in [2.75, 3.05) is 6.61 Å². The first-order valence-electron chi connectivity index (χ1n) is 8.65. The van der Waals surface area contributed by atoms with E-state index in [1.54, 1.807) is 18.2 Å². The monoisotopic (exact) mass is 373 g/mol. The van der Waals surface area contributed by atoms with Gasteiger partial charge in [-0.05, 0) is 50.2 Å². The Hall–Kier alpha value is -2.59. The van der Waals surface area contributed by atoms with Crippen LogP contribution in [0.25, 0.3) is 0 Å². The highest BCUT2D eigenvalue weighted by Crippen LogP contribution is 2.28. The molecule has 3 rings (SSSR count). The summed E-state index contributed by atoms with van der Waals surface area (Å²) in [5.74, 6) is 1.09. The molecule has 2 aromatic rings. The van der Waals surface area contributed by atoms with E-state index in [4.69, 9.17) is 21.6 Å². The Balaban J connectivity index is 1.37. The zero-order valence-electron chi connectivity index (χ0n) is 14.2. The fraction of sp³-hybridized carbons (Fsp3) is 0.444. The smallest absolute Gasteiger partial charge is 0.273 e. The molecule has 1 fully saturated rings. The van der Waals surface area contributed by atoms with Crippen LogP contribution in [0.3, 0.4) is 0 Å². The molecule has 8 heteroatoms. The molecule has 0 radical (unpaired) electrons. The number of carbonyl (C=O) groups is 1. The second-order valence-corrected chi connectivity index (χ2v) is 6.84. The van der Waals surface area contributed by atoms with Gasteiger partial charge in [-0.25, -0.2) is 0 Å². The molecule has 1 heterocycles. The van der Waals surface area contributed by atoms with E-state index in [2.05, 4.69) is 20.7 Å². The van der Waals surface area contributed by atoms with Gasteiger partial charge in [0.2, 0.25) is 0 Å². The molecule has 1 aromatic carbocycles. The second-order valence-electron chi connectivity index (χ2n) is 6.44. The van der Waals surface area contributed by atoms with E-state index in [1.807, 2.05) is 6.07 Å². The molecular weight excluding hydrogens is 354 g/mol. The Labute approximate surface area is 156 Å². The fourth-order valence-corrected chi connectivity index (χ4v) is 3.40. The van der Waals surface area contributed by atoms with E-state index >= 15 is 0 Å². The SMILES string of the molecule is N#Cc1ccc(OCCC2CCC(NC(=O)c3cn[nH]n3)CC2)cc1Cl. The molecule has 0 unspecified atom stereocenters. The van der Waals surface area contributed by atoms with Gasteiger partial charge in [0.05, 0.1) is 23.4 Å². The van der Waals surface area contributed by atoms with Crippen molar-refractivity contribution in [3.8, 4) is 11.8 Å². The van der Waals surface area contributed by atoms with Crippen LogP contribution in [0.2, 0.25) is 5.02 Å². The van der Waals surface area contributed by atoms with Gasteiger partial charge < -0.3 is 10.1 Å². The van der Waals surface area contributed by atoms with Crippen LogP contribution in [-0.4, -0.2) is 34.0 Å². The number of nitrogens with zero attached hydrogens (tertiary/aromatic N) is 3. The maximum Gasteiger partial charge on any atom is 0.273 e.